The molecule has 0 aliphatic carbocycles. The van der Waals surface area contributed by atoms with Crippen molar-refractivity contribution < 1.29 is 23.9 Å². The summed E-state index contributed by atoms with van der Waals surface area (Å²) in [5, 5.41) is 3.01. The van der Waals surface area contributed by atoms with Crippen LogP contribution in [0.1, 0.15) is 42.2 Å². The molecule has 0 aliphatic heterocycles. The summed E-state index contributed by atoms with van der Waals surface area (Å²) in [7, 11) is 0. The average molecular weight is 419 g/mol. The number of primary amides is 1. The number of urea groups is 1. The number of hydrogen-bond acceptors (Lipinski definition) is 5. The molecule has 2 amide bonds. The number of esters is 1. The fourth-order valence-electron chi connectivity index (χ4n) is 2.70. The third-order valence-electron chi connectivity index (χ3n) is 4.09. The molecule has 2 aromatic rings. The molecule has 0 fully saturated rings. The van der Waals surface area contributed by atoms with Crippen LogP contribution in [-0.2, 0) is 9.53 Å². The normalized spacial score (nSPS) is 12.5. The van der Waals surface area contributed by atoms with Crippen molar-refractivity contribution in [2.75, 3.05) is 6.61 Å². The fraction of sp³-hybridized carbons (Fsp3) is 0.286. The highest BCUT2D eigenvalue weighted by Gasteiger charge is 2.23. The molecule has 2 rings (SSSR count). The van der Waals surface area contributed by atoms with Gasteiger partial charge in [0.25, 0.3) is 0 Å². The molecule has 0 radical (unpaired) electrons. The van der Waals surface area contributed by atoms with Crippen LogP contribution < -0.4 is 15.8 Å². The van der Waals surface area contributed by atoms with Gasteiger partial charge in [0.15, 0.2) is 6.10 Å². The minimum absolute atomic E-state index is 0.189. The largest absolute Gasteiger partial charge is 0.494 e. The Morgan fingerprint density at radius 2 is 1.69 bits per heavy atom. The molecule has 8 heteroatoms. The number of nitrogens with two attached hydrogens (primary N) is 1. The van der Waals surface area contributed by atoms with Crippen molar-refractivity contribution in [2.45, 2.75) is 32.4 Å². The molecular formula is C21H23ClN2O5. The van der Waals surface area contributed by atoms with Gasteiger partial charge in [-0.05, 0) is 55.8 Å². The first-order valence-corrected chi connectivity index (χ1v) is 9.46. The average Bonchev–Trinajstić information content (AvgIpc) is 2.68. The number of carbonyl (C=O) groups is 3. The van der Waals surface area contributed by atoms with Crippen molar-refractivity contribution in [2.24, 2.45) is 5.73 Å². The Morgan fingerprint density at radius 3 is 2.24 bits per heavy atom. The summed E-state index contributed by atoms with van der Waals surface area (Å²) in [5.74, 6) is -0.338. The number of amides is 2. The van der Waals surface area contributed by atoms with Crippen LogP contribution in [0.15, 0.2) is 48.5 Å². The number of hydrogen-bond donors (Lipinski definition) is 2. The predicted octanol–water partition coefficient (Wildman–Crippen LogP) is 3.65. The van der Waals surface area contributed by atoms with E-state index in [1.54, 1.807) is 48.5 Å². The van der Waals surface area contributed by atoms with Gasteiger partial charge in [-0.25, -0.2) is 4.79 Å². The summed E-state index contributed by atoms with van der Waals surface area (Å²) in [6, 6.07) is 11.7. The molecule has 2 aromatic carbocycles. The Morgan fingerprint density at radius 1 is 1.07 bits per heavy atom. The molecule has 0 bridgehead atoms. The zero-order chi connectivity index (χ0) is 21.4. The molecule has 0 aromatic heterocycles. The molecule has 0 unspecified atom stereocenters. The molecule has 3 N–H and O–H groups in total. The van der Waals surface area contributed by atoms with Crippen molar-refractivity contribution in [3.8, 4) is 5.75 Å². The maximum Gasteiger partial charge on any atom is 0.312 e. The first kappa shape index (κ1) is 22.2. The SMILES string of the molecule is CCOc1ccc(C(=O)[C@@H](C)OC(=O)C[C@H](NC(N)=O)c2ccc(Cl)cc2)cc1. The van der Waals surface area contributed by atoms with E-state index in [0.29, 0.717) is 28.5 Å². The first-order valence-electron chi connectivity index (χ1n) is 9.08. The van der Waals surface area contributed by atoms with Gasteiger partial charge in [-0.1, -0.05) is 23.7 Å². The van der Waals surface area contributed by atoms with E-state index in [1.807, 2.05) is 6.92 Å². The molecule has 29 heavy (non-hydrogen) atoms. The number of halogens is 1. The van der Waals surface area contributed by atoms with Crippen LogP contribution in [0.3, 0.4) is 0 Å². The maximum absolute atomic E-state index is 12.5. The summed E-state index contributed by atoms with van der Waals surface area (Å²) in [6.07, 6.45) is -1.18. The van der Waals surface area contributed by atoms with Crippen molar-refractivity contribution >= 4 is 29.4 Å². The van der Waals surface area contributed by atoms with E-state index in [9.17, 15) is 14.4 Å². The van der Waals surface area contributed by atoms with E-state index in [4.69, 9.17) is 26.8 Å². The van der Waals surface area contributed by atoms with E-state index in [0.717, 1.165) is 0 Å². The smallest absolute Gasteiger partial charge is 0.312 e. The van der Waals surface area contributed by atoms with Crippen molar-refractivity contribution in [3.05, 3.63) is 64.7 Å². The maximum atomic E-state index is 12.5. The Kier molecular flexibility index (Phi) is 8.03. The van der Waals surface area contributed by atoms with Gasteiger partial charge < -0.3 is 20.5 Å². The van der Waals surface area contributed by atoms with Crippen molar-refractivity contribution in [1.29, 1.82) is 0 Å². The van der Waals surface area contributed by atoms with Crippen LogP contribution in [0.4, 0.5) is 4.79 Å². The number of benzene rings is 2. The third kappa shape index (κ3) is 6.80. The molecule has 0 heterocycles. The monoisotopic (exact) mass is 418 g/mol. The third-order valence-corrected chi connectivity index (χ3v) is 4.34. The highest BCUT2D eigenvalue weighted by atomic mass is 35.5. The second-order valence-corrected chi connectivity index (χ2v) is 6.71. The van der Waals surface area contributed by atoms with Crippen molar-refractivity contribution in [1.82, 2.24) is 5.32 Å². The van der Waals surface area contributed by atoms with Crippen LogP contribution in [0.5, 0.6) is 5.75 Å². The lowest BCUT2D eigenvalue weighted by molar-refractivity contribution is -0.146. The van der Waals surface area contributed by atoms with Gasteiger partial charge in [0.2, 0.25) is 5.78 Å². The fourth-order valence-corrected chi connectivity index (χ4v) is 2.83. The molecule has 7 nitrogen and oxygen atoms in total. The molecule has 2 atom stereocenters. The van der Waals surface area contributed by atoms with E-state index in [1.165, 1.54) is 6.92 Å². The Labute approximate surface area is 174 Å². The van der Waals surface area contributed by atoms with Gasteiger partial charge in [-0.3, -0.25) is 9.59 Å². The molecule has 0 spiro atoms. The lowest BCUT2D eigenvalue weighted by Gasteiger charge is -2.19. The van der Waals surface area contributed by atoms with Crippen LogP contribution in [0, 0.1) is 0 Å². The topological polar surface area (TPSA) is 108 Å². The second-order valence-electron chi connectivity index (χ2n) is 6.27. The zero-order valence-corrected chi connectivity index (χ0v) is 16.9. The lowest BCUT2D eigenvalue weighted by Crippen LogP contribution is -2.35. The highest BCUT2D eigenvalue weighted by molar-refractivity contribution is 6.30. The Bertz CT molecular complexity index is 852. The minimum atomic E-state index is -0.986. The molecule has 0 saturated carbocycles. The number of ether oxygens (including phenoxy) is 2. The van der Waals surface area contributed by atoms with Gasteiger partial charge in [-0.2, -0.15) is 0 Å². The summed E-state index contributed by atoms with van der Waals surface area (Å²) in [4.78, 5) is 36.1. The lowest BCUT2D eigenvalue weighted by atomic mass is 10.0. The Balaban J connectivity index is 2.01. The van der Waals surface area contributed by atoms with E-state index in [-0.39, 0.29) is 12.2 Å². The van der Waals surface area contributed by atoms with Crippen molar-refractivity contribution in [3.63, 3.8) is 0 Å². The summed E-state index contributed by atoms with van der Waals surface area (Å²) >= 11 is 5.87. The predicted molar refractivity (Wildman–Crippen MR) is 109 cm³/mol. The van der Waals surface area contributed by atoms with Gasteiger partial charge in [0, 0.05) is 10.6 Å². The van der Waals surface area contributed by atoms with Gasteiger partial charge >= 0.3 is 12.0 Å². The standard InChI is InChI=1S/C21H23ClN2O5/c1-3-28-17-10-6-15(7-11-17)20(26)13(2)29-19(25)12-18(24-21(23)27)14-4-8-16(22)9-5-14/h4-11,13,18H,3,12H2,1-2H3,(H3,23,24,27)/t13-,18+/m1/s1. The molecular weight excluding hydrogens is 396 g/mol. The Hall–Kier alpha value is -3.06. The molecule has 154 valence electrons. The number of nitrogens with one attached hydrogen (secondary N) is 1. The number of ketones is 1. The van der Waals surface area contributed by atoms with E-state index >= 15 is 0 Å². The highest BCUT2D eigenvalue weighted by Crippen LogP contribution is 2.21. The van der Waals surface area contributed by atoms with Crippen LogP contribution in [-0.4, -0.2) is 30.5 Å². The summed E-state index contributed by atoms with van der Waals surface area (Å²) in [6.45, 7) is 3.88. The van der Waals surface area contributed by atoms with E-state index < -0.39 is 24.1 Å². The van der Waals surface area contributed by atoms with Gasteiger partial charge in [0.05, 0.1) is 19.1 Å². The van der Waals surface area contributed by atoms with Crippen LogP contribution in [0.25, 0.3) is 0 Å². The molecule has 0 aliphatic rings. The summed E-state index contributed by atoms with van der Waals surface area (Å²) < 4.78 is 10.6. The van der Waals surface area contributed by atoms with Gasteiger partial charge in [-0.15, -0.1) is 0 Å². The second kappa shape index (κ2) is 10.5. The van der Waals surface area contributed by atoms with Crippen LogP contribution in [0.2, 0.25) is 5.02 Å². The zero-order valence-electron chi connectivity index (χ0n) is 16.2. The minimum Gasteiger partial charge on any atom is -0.494 e. The quantitative estimate of drug-likeness (QED) is 0.477. The van der Waals surface area contributed by atoms with Gasteiger partial charge in [0.1, 0.15) is 5.75 Å². The number of rotatable bonds is 9. The first-order chi connectivity index (χ1) is 13.8. The van der Waals surface area contributed by atoms with Crippen LogP contribution >= 0.6 is 11.6 Å². The van der Waals surface area contributed by atoms with E-state index in [2.05, 4.69) is 5.32 Å². The number of Topliss-reactive ketones (excluding diaryl/α,β-unsaturated/α-hetero) is 1. The molecule has 0 saturated heterocycles. The summed E-state index contributed by atoms with van der Waals surface area (Å²) in [5.41, 5.74) is 6.24. The number of carbonyl (C=O) groups excluding carboxylic acids is 3.